The minimum atomic E-state index is 0.225. The highest BCUT2D eigenvalue weighted by Crippen LogP contribution is 2.24. The summed E-state index contributed by atoms with van der Waals surface area (Å²) in [5, 5.41) is 9.16. The molecule has 0 spiro atoms. The summed E-state index contributed by atoms with van der Waals surface area (Å²) >= 11 is 7.41. The Balaban J connectivity index is 1.91. The first-order chi connectivity index (χ1) is 7.65. The minimum Gasteiger partial charge on any atom is -0.340 e. The molecule has 0 saturated carbocycles. The summed E-state index contributed by atoms with van der Waals surface area (Å²) in [5.41, 5.74) is 1.18. The molecule has 0 aliphatic rings. The van der Waals surface area contributed by atoms with E-state index in [0.717, 1.165) is 4.34 Å². The number of nitrogens with zero attached hydrogens (tertiary/aromatic N) is 2. The first-order valence-electron chi connectivity index (χ1n) is 4.91. The summed E-state index contributed by atoms with van der Waals surface area (Å²) < 4.78 is 5.69. The van der Waals surface area contributed by atoms with E-state index in [-0.39, 0.29) is 6.04 Å². The highest BCUT2D eigenvalue weighted by Gasteiger charge is 2.09. The quantitative estimate of drug-likeness (QED) is 0.915. The van der Waals surface area contributed by atoms with Crippen molar-refractivity contribution in [3.05, 3.63) is 33.1 Å². The Kier molecular flexibility index (Phi) is 3.58. The fraction of sp³-hybridized carbons (Fsp3) is 0.400. The van der Waals surface area contributed by atoms with E-state index >= 15 is 0 Å². The largest absolute Gasteiger partial charge is 0.340 e. The maximum Gasteiger partial charge on any atom is 0.223 e. The van der Waals surface area contributed by atoms with E-state index in [0.29, 0.717) is 18.3 Å². The van der Waals surface area contributed by atoms with Crippen LogP contribution in [0.1, 0.15) is 30.2 Å². The number of hydrogen-bond donors (Lipinski definition) is 1. The van der Waals surface area contributed by atoms with Crippen molar-refractivity contribution in [2.45, 2.75) is 26.4 Å². The van der Waals surface area contributed by atoms with E-state index in [4.69, 9.17) is 16.1 Å². The monoisotopic (exact) mass is 257 g/mol. The van der Waals surface area contributed by atoms with Crippen LogP contribution in [0.4, 0.5) is 0 Å². The lowest BCUT2D eigenvalue weighted by molar-refractivity contribution is 0.384. The van der Waals surface area contributed by atoms with E-state index in [9.17, 15) is 0 Å². The number of aryl methyl sites for hydroxylation is 1. The van der Waals surface area contributed by atoms with Crippen LogP contribution in [-0.4, -0.2) is 10.1 Å². The second kappa shape index (κ2) is 4.95. The van der Waals surface area contributed by atoms with Gasteiger partial charge < -0.3 is 9.84 Å². The molecule has 0 aromatic carbocycles. The van der Waals surface area contributed by atoms with Gasteiger partial charge in [0.2, 0.25) is 5.89 Å². The maximum atomic E-state index is 5.88. The standard InChI is InChI=1S/C10H12ClN3OS/c1-6(8-3-9(11)16-5-8)12-4-10-13-7(2)15-14-10/h3,5-6,12H,4H2,1-2H3. The first-order valence-corrected chi connectivity index (χ1v) is 6.17. The van der Waals surface area contributed by atoms with Crippen LogP contribution in [0.15, 0.2) is 16.0 Å². The lowest BCUT2D eigenvalue weighted by Crippen LogP contribution is -2.18. The summed E-state index contributed by atoms with van der Waals surface area (Å²) in [4.78, 5) is 4.12. The van der Waals surface area contributed by atoms with Crippen molar-refractivity contribution in [2.75, 3.05) is 0 Å². The average molecular weight is 258 g/mol. The molecule has 86 valence electrons. The molecular formula is C10H12ClN3OS. The van der Waals surface area contributed by atoms with Crippen molar-refractivity contribution >= 4 is 22.9 Å². The lowest BCUT2D eigenvalue weighted by Gasteiger charge is -2.09. The minimum absolute atomic E-state index is 0.225. The van der Waals surface area contributed by atoms with Gasteiger partial charge in [0.05, 0.1) is 10.9 Å². The Hall–Kier alpha value is -0.910. The molecule has 1 unspecified atom stereocenters. The van der Waals surface area contributed by atoms with Gasteiger partial charge in [-0.15, -0.1) is 11.3 Å². The predicted molar refractivity (Wildman–Crippen MR) is 63.6 cm³/mol. The van der Waals surface area contributed by atoms with Crippen LogP contribution in [0.2, 0.25) is 4.34 Å². The molecule has 2 heterocycles. The summed E-state index contributed by atoms with van der Waals surface area (Å²) in [6.07, 6.45) is 0. The van der Waals surface area contributed by atoms with Gasteiger partial charge in [-0.25, -0.2) is 0 Å². The Morgan fingerprint density at radius 1 is 1.62 bits per heavy atom. The number of rotatable bonds is 4. The van der Waals surface area contributed by atoms with Gasteiger partial charge in [-0.2, -0.15) is 4.98 Å². The molecule has 4 nitrogen and oxygen atoms in total. The van der Waals surface area contributed by atoms with Crippen LogP contribution < -0.4 is 5.32 Å². The fourth-order valence-corrected chi connectivity index (χ4v) is 2.31. The van der Waals surface area contributed by atoms with Gasteiger partial charge in [0.1, 0.15) is 0 Å². The second-order valence-electron chi connectivity index (χ2n) is 3.52. The fourth-order valence-electron chi connectivity index (χ4n) is 1.33. The Morgan fingerprint density at radius 3 is 3.00 bits per heavy atom. The third-order valence-corrected chi connectivity index (χ3v) is 3.33. The van der Waals surface area contributed by atoms with Gasteiger partial charge in [0.25, 0.3) is 0 Å². The molecule has 2 aromatic rings. The summed E-state index contributed by atoms with van der Waals surface area (Å²) in [6.45, 7) is 4.44. The maximum absolute atomic E-state index is 5.88. The zero-order valence-corrected chi connectivity index (χ0v) is 10.6. The number of thiophene rings is 1. The number of halogens is 1. The molecular weight excluding hydrogens is 246 g/mol. The molecule has 0 fully saturated rings. The van der Waals surface area contributed by atoms with Gasteiger partial charge in [-0.05, 0) is 23.9 Å². The van der Waals surface area contributed by atoms with Gasteiger partial charge in [-0.3, -0.25) is 0 Å². The molecule has 0 bridgehead atoms. The Bertz CT molecular complexity index is 468. The third kappa shape index (κ3) is 2.81. The highest BCUT2D eigenvalue weighted by atomic mass is 35.5. The molecule has 2 rings (SSSR count). The third-order valence-electron chi connectivity index (χ3n) is 2.22. The van der Waals surface area contributed by atoms with Gasteiger partial charge >= 0.3 is 0 Å². The van der Waals surface area contributed by atoms with Gasteiger partial charge in [-0.1, -0.05) is 16.8 Å². The SMILES string of the molecule is Cc1nc(CNC(C)c2csc(Cl)c2)no1. The number of hydrogen-bond acceptors (Lipinski definition) is 5. The smallest absolute Gasteiger partial charge is 0.223 e. The van der Waals surface area contributed by atoms with Crippen molar-refractivity contribution < 1.29 is 4.52 Å². The van der Waals surface area contributed by atoms with Crippen molar-refractivity contribution in [3.63, 3.8) is 0 Å². The van der Waals surface area contributed by atoms with Crippen LogP contribution in [0, 0.1) is 6.92 Å². The zero-order chi connectivity index (χ0) is 11.5. The molecule has 1 atom stereocenters. The molecule has 0 radical (unpaired) electrons. The number of nitrogens with one attached hydrogen (secondary N) is 1. The molecule has 16 heavy (non-hydrogen) atoms. The lowest BCUT2D eigenvalue weighted by atomic mass is 10.2. The highest BCUT2D eigenvalue weighted by molar-refractivity contribution is 7.14. The van der Waals surface area contributed by atoms with E-state index in [1.807, 2.05) is 11.4 Å². The predicted octanol–water partition coefficient (Wildman–Crippen LogP) is 2.94. The summed E-state index contributed by atoms with van der Waals surface area (Å²) in [7, 11) is 0. The van der Waals surface area contributed by atoms with E-state index < -0.39 is 0 Å². The van der Waals surface area contributed by atoms with Crippen LogP contribution >= 0.6 is 22.9 Å². The van der Waals surface area contributed by atoms with Crippen molar-refractivity contribution in [1.29, 1.82) is 0 Å². The normalized spacial score (nSPS) is 12.9. The Labute approximate surface area is 103 Å². The van der Waals surface area contributed by atoms with Crippen molar-refractivity contribution in [3.8, 4) is 0 Å². The molecule has 0 amide bonds. The van der Waals surface area contributed by atoms with E-state index in [1.165, 1.54) is 16.9 Å². The molecule has 0 saturated heterocycles. The molecule has 1 N–H and O–H groups in total. The van der Waals surface area contributed by atoms with E-state index in [2.05, 4.69) is 22.4 Å². The van der Waals surface area contributed by atoms with Crippen LogP contribution in [0.3, 0.4) is 0 Å². The van der Waals surface area contributed by atoms with Crippen LogP contribution in [-0.2, 0) is 6.54 Å². The van der Waals surface area contributed by atoms with Crippen LogP contribution in [0.5, 0.6) is 0 Å². The van der Waals surface area contributed by atoms with Crippen LogP contribution in [0.25, 0.3) is 0 Å². The molecule has 0 aliphatic carbocycles. The van der Waals surface area contributed by atoms with Crippen molar-refractivity contribution in [1.82, 2.24) is 15.5 Å². The molecule has 6 heteroatoms. The second-order valence-corrected chi connectivity index (χ2v) is 5.06. The topological polar surface area (TPSA) is 51.0 Å². The van der Waals surface area contributed by atoms with Gasteiger partial charge in [0, 0.05) is 13.0 Å². The molecule has 0 aliphatic heterocycles. The summed E-state index contributed by atoms with van der Waals surface area (Å²) in [6, 6.07) is 2.19. The Morgan fingerprint density at radius 2 is 2.44 bits per heavy atom. The molecule has 2 aromatic heterocycles. The number of aromatic nitrogens is 2. The average Bonchev–Trinajstić information content (AvgIpc) is 2.84. The van der Waals surface area contributed by atoms with Gasteiger partial charge in [0.15, 0.2) is 5.82 Å². The van der Waals surface area contributed by atoms with Crippen molar-refractivity contribution in [2.24, 2.45) is 0 Å². The first kappa shape index (κ1) is 11.6. The zero-order valence-electron chi connectivity index (χ0n) is 9.03. The van der Waals surface area contributed by atoms with E-state index in [1.54, 1.807) is 6.92 Å². The summed E-state index contributed by atoms with van der Waals surface area (Å²) in [5.74, 6) is 1.26.